The van der Waals surface area contributed by atoms with Crippen molar-refractivity contribution in [3.05, 3.63) is 72.7 Å². The second-order valence-corrected chi connectivity index (χ2v) is 6.43. The average molecular weight is 388 g/mol. The Balaban J connectivity index is 1.74. The Morgan fingerprint density at radius 3 is 2.79 bits per heavy atom. The number of nitrogens with one attached hydrogen (secondary N) is 1. The van der Waals surface area contributed by atoms with E-state index in [1.807, 2.05) is 55.6 Å². The van der Waals surface area contributed by atoms with E-state index in [1.165, 1.54) is 6.33 Å². The van der Waals surface area contributed by atoms with Gasteiger partial charge in [0.05, 0.1) is 5.69 Å². The van der Waals surface area contributed by atoms with Crippen LogP contribution in [0.15, 0.2) is 61.2 Å². The Bertz CT molecular complexity index is 1130. The van der Waals surface area contributed by atoms with E-state index in [0.717, 1.165) is 16.9 Å². The van der Waals surface area contributed by atoms with Gasteiger partial charge in [-0.2, -0.15) is 0 Å². The number of carbonyl (C=O) groups excluding carboxylic acids is 1. The molecule has 9 nitrogen and oxygen atoms in total. The quantitative estimate of drug-likeness (QED) is 0.522. The maximum atomic E-state index is 13.1. The standard InChI is InChI=1S/C20H20N8O/c1-14-11-15(7-9-22-14)17-12-28(16-5-3-2-4-6-16)18(24-17)19(29)25-20-26-23-13-27(20)10-8-21/h2-7,9,11-13H,8,10,21H2,1H3,(H,25,26,29). The minimum absolute atomic E-state index is 0.239. The number of pyridine rings is 1. The smallest absolute Gasteiger partial charge is 0.294 e. The lowest BCUT2D eigenvalue weighted by Gasteiger charge is -2.08. The van der Waals surface area contributed by atoms with Crippen LogP contribution in [0.4, 0.5) is 5.95 Å². The van der Waals surface area contributed by atoms with Crippen molar-refractivity contribution in [3.63, 3.8) is 0 Å². The number of nitrogens with two attached hydrogens (primary N) is 1. The van der Waals surface area contributed by atoms with Crippen molar-refractivity contribution in [2.75, 3.05) is 11.9 Å². The highest BCUT2D eigenvalue weighted by Crippen LogP contribution is 2.22. The second kappa shape index (κ2) is 8.03. The number of aryl methyl sites for hydroxylation is 1. The van der Waals surface area contributed by atoms with E-state index >= 15 is 0 Å². The van der Waals surface area contributed by atoms with Crippen molar-refractivity contribution in [2.24, 2.45) is 5.73 Å². The summed E-state index contributed by atoms with van der Waals surface area (Å²) in [6.07, 6.45) is 5.09. The molecule has 0 aliphatic carbocycles. The Hall–Kier alpha value is -3.85. The Kier molecular flexibility index (Phi) is 5.12. The third-order valence-corrected chi connectivity index (χ3v) is 4.35. The van der Waals surface area contributed by atoms with Gasteiger partial charge < -0.3 is 5.73 Å². The van der Waals surface area contributed by atoms with Gasteiger partial charge >= 0.3 is 0 Å². The van der Waals surface area contributed by atoms with Crippen LogP contribution in [0.1, 0.15) is 16.3 Å². The van der Waals surface area contributed by atoms with Gasteiger partial charge in [0, 0.05) is 42.4 Å². The summed E-state index contributed by atoms with van der Waals surface area (Å²) in [6, 6.07) is 13.4. The number of hydrogen-bond donors (Lipinski definition) is 2. The predicted octanol–water partition coefficient (Wildman–Crippen LogP) is 2.05. The molecule has 0 aliphatic heterocycles. The zero-order chi connectivity index (χ0) is 20.2. The molecule has 0 saturated carbocycles. The van der Waals surface area contributed by atoms with Crippen LogP contribution in [0.5, 0.6) is 0 Å². The molecule has 3 heterocycles. The number of imidazole rings is 1. The summed E-state index contributed by atoms with van der Waals surface area (Å²) in [6.45, 7) is 2.82. The number of carbonyl (C=O) groups is 1. The molecule has 4 aromatic rings. The zero-order valence-electron chi connectivity index (χ0n) is 15.9. The molecule has 0 saturated heterocycles. The highest BCUT2D eigenvalue weighted by atomic mass is 16.2. The summed E-state index contributed by atoms with van der Waals surface area (Å²) in [5.74, 6) is 0.171. The first-order valence-electron chi connectivity index (χ1n) is 9.13. The predicted molar refractivity (Wildman–Crippen MR) is 109 cm³/mol. The number of benzene rings is 1. The Labute approximate surface area is 167 Å². The van der Waals surface area contributed by atoms with Crippen molar-refractivity contribution in [1.82, 2.24) is 29.3 Å². The summed E-state index contributed by atoms with van der Waals surface area (Å²) >= 11 is 0. The van der Waals surface area contributed by atoms with Crippen LogP contribution in [0.25, 0.3) is 16.9 Å². The van der Waals surface area contributed by atoms with Crippen molar-refractivity contribution in [1.29, 1.82) is 0 Å². The summed E-state index contributed by atoms with van der Waals surface area (Å²) in [7, 11) is 0. The lowest BCUT2D eigenvalue weighted by Crippen LogP contribution is -2.21. The van der Waals surface area contributed by atoms with Gasteiger partial charge in [-0.1, -0.05) is 18.2 Å². The normalized spacial score (nSPS) is 10.8. The molecule has 9 heteroatoms. The summed E-state index contributed by atoms with van der Waals surface area (Å²) in [5, 5.41) is 10.6. The summed E-state index contributed by atoms with van der Waals surface area (Å²) in [4.78, 5) is 21.9. The third kappa shape index (κ3) is 3.90. The van der Waals surface area contributed by atoms with Crippen LogP contribution in [-0.2, 0) is 6.54 Å². The summed E-state index contributed by atoms with van der Waals surface area (Å²) < 4.78 is 3.44. The maximum Gasteiger partial charge on any atom is 0.294 e. The molecule has 0 radical (unpaired) electrons. The van der Waals surface area contributed by atoms with Crippen LogP contribution in [0.2, 0.25) is 0 Å². The van der Waals surface area contributed by atoms with E-state index < -0.39 is 5.91 Å². The molecule has 3 N–H and O–H groups in total. The number of anilines is 1. The largest absolute Gasteiger partial charge is 0.329 e. The third-order valence-electron chi connectivity index (χ3n) is 4.35. The maximum absolute atomic E-state index is 13.1. The van der Waals surface area contributed by atoms with Gasteiger partial charge in [0.15, 0.2) is 0 Å². The van der Waals surface area contributed by atoms with E-state index in [-0.39, 0.29) is 5.82 Å². The molecule has 0 atom stereocenters. The summed E-state index contributed by atoms with van der Waals surface area (Å²) in [5.41, 5.74) is 8.85. The van der Waals surface area contributed by atoms with E-state index in [1.54, 1.807) is 15.3 Å². The average Bonchev–Trinajstić information content (AvgIpc) is 3.36. The number of amides is 1. The van der Waals surface area contributed by atoms with Crippen LogP contribution in [-0.4, -0.2) is 41.8 Å². The van der Waals surface area contributed by atoms with Gasteiger partial charge in [0.2, 0.25) is 11.8 Å². The zero-order valence-corrected chi connectivity index (χ0v) is 15.9. The van der Waals surface area contributed by atoms with Crippen molar-refractivity contribution >= 4 is 11.9 Å². The van der Waals surface area contributed by atoms with E-state index in [0.29, 0.717) is 24.7 Å². The van der Waals surface area contributed by atoms with Crippen LogP contribution < -0.4 is 11.1 Å². The fourth-order valence-corrected chi connectivity index (χ4v) is 2.98. The fourth-order valence-electron chi connectivity index (χ4n) is 2.98. The highest BCUT2D eigenvalue weighted by Gasteiger charge is 2.20. The molecule has 1 amide bonds. The first-order chi connectivity index (χ1) is 14.2. The van der Waals surface area contributed by atoms with E-state index in [9.17, 15) is 4.79 Å². The van der Waals surface area contributed by atoms with Gasteiger partial charge in [-0.05, 0) is 31.2 Å². The number of rotatable bonds is 6. The molecule has 1 aromatic carbocycles. The SMILES string of the molecule is Cc1cc(-c2cn(-c3ccccc3)c(C(=O)Nc3nncn3CCN)n2)ccn1. The molecule has 0 aliphatic rings. The van der Waals surface area contributed by atoms with Gasteiger partial charge in [-0.25, -0.2) is 4.98 Å². The Morgan fingerprint density at radius 2 is 2.03 bits per heavy atom. The minimum Gasteiger partial charge on any atom is -0.329 e. The van der Waals surface area contributed by atoms with E-state index in [2.05, 4.69) is 25.5 Å². The van der Waals surface area contributed by atoms with Gasteiger partial charge in [-0.15, -0.1) is 10.2 Å². The second-order valence-electron chi connectivity index (χ2n) is 6.43. The van der Waals surface area contributed by atoms with Gasteiger partial charge in [0.25, 0.3) is 5.91 Å². The molecule has 0 unspecified atom stereocenters. The first kappa shape index (κ1) is 18.5. The molecular formula is C20H20N8O. The Morgan fingerprint density at radius 1 is 1.21 bits per heavy atom. The highest BCUT2D eigenvalue weighted by molar-refractivity contribution is 6.01. The first-order valence-corrected chi connectivity index (χ1v) is 9.13. The lowest BCUT2D eigenvalue weighted by molar-refractivity contribution is 0.101. The van der Waals surface area contributed by atoms with Crippen LogP contribution >= 0.6 is 0 Å². The van der Waals surface area contributed by atoms with Crippen molar-refractivity contribution in [2.45, 2.75) is 13.5 Å². The van der Waals surface area contributed by atoms with Crippen LogP contribution in [0.3, 0.4) is 0 Å². The molecule has 4 rings (SSSR count). The van der Waals surface area contributed by atoms with Crippen molar-refractivity contribution in [3.8, 4) is 16.9 Å². The molecule has 0 spiro atoms. The monoisotopic (exact) mass is 388 g/mol. The van der Waals surface area contributed by atoms with Gasteiger partial charge in [-0.3, -0.25) is 24.2 Å². The van der Waals surface area contributed by atoms with Crippen LogP contribution in [0, 0.1) is 6.92 Å². The number of nitrogens with zero attached hydrogens (tertiary/aromatic N) is 6. The topological polar surface area (TPSA) is 117 Å². The molecular weight excluding hydrogens is 368 g/mol. The minimum atomic E-state index is -0.392. The molecule has 3 aromatic heterocycles. The molecule has 29 heavy (non-hydrogen) atoms. The molecule has 0 fully saturated rings. The fraction of sp³-hybridized carbons (Fsp3) is 0.150. The van der Waals surface area contributed by atoms with Gasteiger partial charge in [0.1, 0.15) is 6.33 Å². The molecule has 0 bridgehead atoms. The van der Waals surface area contributed by atoms with Crippen molar-refractivity contribution < 1.29 is 4.79 Å². The molecule has 146 valence electrons. The van der Waals surface area contributed by atoms with E-state index in [4.69, 9.17) is 5.73 Å². The number of aromatic nitrogens is 6. The number of para-hydroxylation sites is 1. The number of hydrogen-bond acceptors (Lipinski definition) is 6. The lowest BCUT2D eigenvalue weighted by atomic mass is 10.2.